The topological polar surface area (TPSA) is 95.6 Å². The lowest BCUT2D eigenvalue weighted by molar-refractivity contribution is -0.136. The van der Waals surface area contributed by atoms with Crippen LogP contribution in [0.4, 0.5) is 5.69 Å². The van der Waals surface area contributed by atoms with E-state index < -0.39 is 21.8 Å². The molecule has 2 aromatic carbocycles. The van der Waals surface area contributed by atoms with Gasteiger partial charge in [0.05, 0.1) is 4.90 Å². The fraction of sp³-hybridized carbons (Fsp3) is 0.391. The van der Waals surface area contributed by atoms with Crippen LogP contribution in [0.1, 0.15) is 36.8 Å². The van der Waals surface area contributed by atoms with Crippen molar-refractivity contribution < 1.29 is 18.0 Å². The summed E-state index contributed by atoms with van der Waals surface area (Å²) < 4.78 is 27.8. The molecule has 1 fully saturated rings. The molecular weight excluding hydrogens is 414 g/mol. The highest BCUT2D eigenvalue weighted by Crippen LogP contribution is 2.27. The molecule has 1 heterocycles. The van der Waals surface area contributed by atoms with Crippen LogP contribution in [0.25, 0.3) is 0 Å². The summed E-state index contributed by atoms with van der Waals surface area (Å²) in [6, 6.07) is 13.8. The summed E-state index contributed by atoms with van der Waals surface area (Å²) in [5.74, 6) is -1.47. The molecule has 1 saturated heterocycles. The lowest BCUT2D eigenvalue weighted by atomic mass is 10.0. The fourth-order valence-electron chi connectivity index (χ4n) is 3.77. The fourth-order valence-corrected chi connectivity index (χ4v) is 5.49. The van der Waals surface area contributed by atoms with Gasteiger partial charge >= 0.3 is 11.8 Å². The van der Waals surface area contributed by atoms with Gasteiger partial charge in [-0.2, -0.15) is 4.31 Å². The number of amides is 2. The molecule has 0 bridgehead atoms. The van der Waals surface area contributed by atoms with E-state index in [4.69, 9.17) is 0 Å². The Kier molecular flexibility index (Phi) is 7.46. The highest BCUT2D eigenvalue weighted by Gasteiger charge is 2.33. The maximum atomic E-state index is 13.1. The lowest BCUT2D eigenvalue weighted by Gasteiger charge is -2.34. The minimum absolute atomic E-state index is 0.208. The molecule has 1 aliphatic heterocycles. The molecule has 0 saturated carbocycles. The monoisotopic (exact) mass is 443 g/mol. The molecule has 0 spiro atoms. The zero-order valence-electron chi connectivity index (χ0n) is 17.9. The zero-order chi connectivity index (χ0) is 22.4. The molecule has 2 aromatic rings. The van der Waals surface area contributed by atoms with Crippen LogP contribution in [0.15, 0.2) is 53.4 Å². The zero-order valence-corrected chi connectivity index (χ0v) is 18.7. The first-order valence-corrected chi connectivity index (χ1v) is 12.0. The minimum atomic E-state index is -3.60. The molecule has 1 atom stereocenters. The number of hydrogen-bond donors (Lipinski definition) is 2. The Morgan fingerprint density at radius 3 is 2.45 bits per heavy atom. The molecule has 166 valence electrons. The number of rotatable bonds is 6. The van der Waals surface area contributed by atoms with Crippen molar-refractivity contribution in [1.29, 1.82) is 0 Å². The molecule has 0 aromatic heterocycles. The molecule has 0 aliphatic carbocycles. The van der Waals surface area contributed by atoms with E-state index in [9.17, 15) is 18.0 Å². The minimum Gasteiger partial charge on any atom is -0.348 e. The van der Waals surface area contributed by atoms with Gasteiger partial charge < -0.3 is 10.6 Å². The second-order valence-corrected chi connectivity index (χ2v) is 9.84. The second-order valence-electron chi connectivity index (χ2n) is 7.95. The molecule has 2 amide bonds. The summed E-state index contributed by atoms with van der Waals surface area (Å²) >= 11 is 0. The molecule has 7 nitrogen and oxygen atoms in total. The van der Waals surface area contributed by atoms with Gasteiger partial charge in [0.2, 0.25) is 10.0 Å². The number of piperidine rings is 1. The number of aryl methyl sites for hydroxylation is 2. The highest BCUT2D eigenvalue weighted by atomic mass is 32.2. The second kappa shape index (κ2) is 10.1. The predicted octanol–water partition coefficient (Wildman–Crippen LogP) is 2.99. The average Bonchev–Trinajstić information content (AvgIpc) is 2.74. The Bertz CT molecular complexity index is 1040. The number of benzene rings is 2. The number of sulfonamides is 1. The van der Waals surface area contributed by atoms with Crippen LogP contribution in [-0.2, 0) is 19.6 Å². The van der Waals surface area contributed by atoms with Gasteiger partial charge in [0.25, 0.3) is 0 Å². The third kappa shape index (κ3) is 5.92. The van der Waals surface area contributed by atoms with Crippen molar-refractivity contribution >= 4 is 27.5 Å². The smallest absolute Gasteiger partial charge is 0.313 e. The first kappa shape index (κ1) is 23.0. The summed E-state index contributed by atoms with van der Waals surface area (Å²) in [5.41, 5.74) is 2.54. The van der Waals surface area contributed by atoms with Gasteiger partial charge in [-0.1, -0.05) is 36.2 Å². The molecule has 0 unspecified atom stereocenters. The predicted molar refractivity (Wildman–Crippen MR) is 120 cm³/mol. The van der Waals surface area contributed by atoms with Gasteiger partial charge in [0, 0.05) is 24.8 Å². The molecule has 8 heteroatoms. The Labute approximate surface area is 183 Å². The van der Waals surface area contributed by atoms with Crippen LogP contribution in [0.3, 0.4) is 0 Å². The van der Waals surface area contributed by atoms with E-state index in [1.807, 2.05) is 19.9 Å². The van der Waals surface area contributed by atoms with Crippen LogP contribution < -0.4 is 10.6 Å². The number of hydrogen-bond acceptors (Lipinski definition) is 4. The third-order valence-electron chi connectivity index (χ3n) is 5.45. The van der Waals surface area contributed by atoms with Crippen molar-refractivity contribution in [3.8, 4) is 0 Å². The summed E-state index contributed by atoms with van der Waals surface area (Å²) in [7, 11) is -3.60. The molecule has 2 N–H and O–H groups in total. The van der Waals surface area contributed by atoms with Gasteiger partial charge in [-0.15, -0.1) is 0 Å². The van der Waals surface area contributed by atoms with E-state index in [0.29, 0.717) is 18.7 Å². The van der Waals surface area contributed by atoms with Crippen molar-refractivity contribution in [2.45, 2.75) is 50.5 Å². The van der Waals surface area contributed by atoms with Gasteiger partial charge in [-0.25, -0.2) is 8.42 Å². The summed E-state index contributed by atoms with van der Waals surface area (Å²) in [6.07, 6.45) is 2.93. The largest absolute Gasteiger partial charge is 0.348 e. The summed E-state index contributed by atoms with van der Waals surface area (Å²) in [6.45, 7) is 4.50. The van der Waals surface area contributed by atoms with E-state index in [1.165, 1.54) is 0 Å². The van der Waals surface area contributed by atoms with Crippen LogP contribution in [-0.4, -0.2) is 43.7 Å². The Morgan fingerprint density at radius 1 is 1.00 bits per heavy atom. The molecule has 31 heavy (non-hydrogen) atoms. The van der Waals surface area contributed by atoms with Crippen LogP contribution >= 0.6 is 0 Å². The number of carbonyl (C=O) groups is 2. The number of nitrogens with zero attached hydrogens (tertiary/aromatic N) is 1. The van der Waals surface area contributed by atoms with E-state index in [0.717, 1.165) is 30.4 Å². The van der Waals surface area contributed by atoms with Gasteiger partial charge in [0.1, 0.15) is 0 Å². The Hall–Kier alpha value is -2.71. The number of carbonyl (C=O) groups excluding carboxylic acids is 2. The summed E-state index contributed by atoms with van der Waals surface area (Å²) in [4.78, 5) is 24.5. The first-order chi connectivity index (χ1) is 14.8. The highest BCUT2D eigenvalue weighted by molar-refractivity contribution is 7.89. The van der Waals surface area contributed by atoms with Crippen molar-refractivity contribution in [1.82, 2.24) is 9.62 Å². The van der Waals surface area contributed by atoms with Crippen molar-refractivity contribution in [2.75, 3.05) is 18.4 Å². The van der Waals surface area contributed by atoms with E-state index in [1.54, 1.807) is 46.8 Å². The maximum absolute atomic E-state index is 13.1. The van der Waals surface area contributed by atoms with Crippen LogP contribution in [0, 0.1) is 13.8 Å². The van der Waals surface area contributed by atoms with Crippen molar-refractivity contribution in [3.05, 3.63) is 59.7 Å². The van der Waals surface area contributed by atoms with E-state index in [2.05, 4.69) is 10.6 Å². The standard InChI is InChI=1S/C23H29N3O4S/c1-17-9-11-21(12-10-17)31(29,30)26-15-4-3-8-20(26)13-14-24-22(27)23(28)25-19-7-5-6-18(2)16-19/h5-7,9-12,16,20H,3-4,8,13-15H2,1-2H3,(H,24,27)(H,25,28)/t20-/m0/s1. The van der Waals surface area contributed by atoms with Crippen molar-refractivity contribution in [2.24, 2.45) is 0 Å². The molecule has 1 aliphatic rings. The first-order valence-electron chi connectivity index (χ1n) is 10.5. The number of nitrogens with one attached hydrogen (secondary N) is 2. The van der Waals surface area contributed by atoms with Gasteiger partial charge in [-0.3, -0.25) is 9.59 Å². The third-order valence-corrected chi connectivity index (χ3v) is 7.41. The van der Waals surface area contributed by atoms with Crippen LogP contribution in [0.5, 0.6) is 0 Å². The SMILES string of the molecule is Cc1ccc(S(=O)(=O)N2CCCC[C@H]2CCNC(=O)C(=O)Nc2cccc(C)c2)cc1. The lowest BCUT2D eigenvalue weighted by Crippen LogP contribution is -2.45. The van der Waals surface area contributed by atoms with Gasteiger partial charge in [-0.05, 0) is 62.9 Å². The van der Waals surface area contributed by atoms with E-state index in [-0.39, 0.29) is 17.5 Å². The van der Waals surface area contributed by atoms with Gasteiger partial charge in [0.15, 0.2) is 0 Å². The quantitative estimate of drug-likeness (QED) is 0.671. The normalized spacial score (nSPS) is 17.2. The Morgan fingerprint density at radius 2 is 1.74 bits per heavy atom. The van der Waals surface area contributed by atoms with Crippen LogP contribution in [0.2, 0.25) is 0 Å². The van der Waals surface area contributed by atoms with Crippen molar-refractivity contribution in [3.63, 3.8) is 0 Å². The molecule has 3 rings (SSSR count). The molecular formula is C23H29N3O4S. The molecule has 0 radical (unpaired) electrons. The summed E-state index contributed by atoms with van der Waals surface area (Å²) in [5, 5.41) is 5.18. The average molecular weight is 444 g/mol. The number of anilines is 1. The Balaban J connectivity index is 1.57. The van der Waals surface area contributed by atoms with E-state index >= 15 is 0 Å². The maximum Gasteiger partial charge on any atom is 0.313 e.